The summed E-state index contributed by atoms with van der Waals surface area (Å²) in [4.78, 5) is 32.8. The molecule has 5 rings (SSSR count). The molecule has 7 heteroatoms. The number of para-hydroxylation sites is 2. The zero-order chi connectivity index (χ0) is 21.4. The molecule has 0 radical (unpaired) electrons. The largest absolute Gasteiger partial charge is 0.339 e. The molecule has 0 spiro atoms. The summed E-state index contributed by atoms with van der Waals surface area (Å²) in [7, 11) is 0. The third-order valence-corrected chi connectivity index (χ3v) is 7.38. The fraction of sp³-hybridized carbons (Fsp3) is 0.417. The molecular weight excluding hydrogens is 456 g/mol. The summed E-state index contributed by atoms with van der Waals surface area (Å²) in [6.07, 6.45) is 4.00. The number of aromatic amines is 1. The highest BCUT2D eigenvalue weighted by molar-refractivity contribution is 9.10. The molecule has 2 saturated heterocycles. The zero-order valence-electron chi connectivity index (χ0n) is 17.5. The third kappa shape index (κ3) is 4.08. The van der Waals surface area contributed by atoms with Crippen LogP contribution in [0.5, 0.6) is 0 Å². The molecule has 3 heterocycles. The standard InChI is InChI=1S/C24H27BrN4O2/c25-18-7-5-17(6-8-18)23(30)28-15-9-19(10-16-28)27-13-11-20(12-14-27)29-22-4-2-1-3-21(22)26-24(29)31/h1-8,19-20H,9-16H2,(H,26,31). The molecule has 0 unspecified atom stereocenters. The summed E-state index contributed by atoms with van der Waals surface area (Å²) in [5, 5.41) is 0. The number of rotatable bonds is 3. The summed E-state index contributed by atoms with van der Waals surface area (Å²) in [5.41, 5.74) is 2.68. The number of H-pyrrole nitrogens is 1. The van der Waals surface area contributed by atoms with Gasteiger partial charge in [-0.25, -0.2) is 4.79 Å². The van der Waals surface area contributed by atoms with E-state index < -0.39 is 0 Å². The Labute approximate surface area is 190 Å². The fourth-order valence-corrected chi connectivity index (χ4v) is 5.42. The van der Waals surface area contributed by atoms with Crippen LogP contribution in [-0.4, -0.2) is 57.5 Å². The van der Waals surface area contributed by atoms with Gasteiger partial charge < -0.3 is 14.8 Å². The summed E-state index contributed by atoms with van der Waals surface area (Å²) >= 11 is 3.42. The van der Waals surface area contributed by atoms with Crippen LogP contribution in [0.15, 0.2) is 57.8 Å². The minimum atomic E-state index is -0.000544. The van der Waals surface area contributed by atoms with Crippen molar-refractivity contribution in [3.63, 3.8) is 0 Å². The second-order valence-corrected chi connectivity index (χ2v) is 9.53. The van der Waals surface area contributed by atoms with Crippen molar-refractivity contribution < 1.29 is 4.79 Å². The van der Waals surface area contributed by atoms with Crippen LogP contribution < -0.4 is 5.69 Å². The Balaban J connectivity index is 1.18. The molecule has 2 aromatic carbocycles. The number of hydrogen-bond donors (Lipinski definition) is 1. The summed E-state index contributed by atoms with van der Waals surface area (Å²) in [5.74, 6) is 0.128. The van der Waals surface area contributed by atoms with Crippen molar-refractivity contribution in [2.45, 2.75) is 37.8 Å². The molecule has 3 aromatic rings. The number of hydrogen-bond acceptors (Lipinski definition) is 3. The van der Waals surface area contributed by atoms with Gasteiger partial charge in [-0.15, -0.1) is 0 Å². The molecule has 0 bridgehead atoms. The second-order valence-electron chi connectivity index (χ2n) is 8.61. The van der Waals surface area contributed by atoms with Crippen LogP contribution in [0.25, 0.3) is 11.0 Å². The number of nitrogens with one attached hydrogen (secondary N) is 1. The predicted octanol–water partition coefficient (Wildman–Crippen LogP) is 4.03. The quantitative estimate of drug-likeness (QED) is 0.612. The maximum absolute atomic E-state index is 12.8. The maximum Gasteiger partial charge on any atom is 0.326 e. The van der Waals surface area contributed by atoms with Gasteiger partial charge in [0.25, 0.3) is 5.91 Å². The number of piperidine rings is 2. The number of aromatic nitrogens is 2. The van der Waals surface area contributed by atoms with E-state index in [1.165, 1.54) is 0 Å². The van der Waals surface area contributed by atoms with E-state index in [2.05, 4.69) is 25.8 Å². The average Bonchev–Trinajstić information content (AvgIpc) is 3.15. The number of amides is 1. The van der Waals surface area contributed by atoms with Gasteiger partial charge in [0.05, 0.1) is 11.0 Å². The lowest BCUT2D eigenvalue weighted by Gasteiger charge is -2.42. The second kappa shape index (κ2) is 8.63. The predicted molar refractivity (Wildman–Crippen MR) is 125 cm³/mol. The van der Waals surface area contributed by atoms with E-state index >= 15 is 0 Å². The number of fused-ring (bicyclic) bond motifs is 1. The Bertz CT molecular complexity index is 1120. The van der Waals surface area contributed by atoms with Crippen LogP contribution in [0, 0.1) is 0 Å². The lowest BCUT2D eigenvalue weighted by Crippen LogP contribution is -2.49. The Morgan fingerprint density at radius 2 is 1.52 bits per heavy atom. The first-order chi connectivity index (χ1) is 15.1. The normalized spacial score (nSPS) is 19.2. The van der Waals surface area contributed by atoms with Crippen molar-refractivity contribution >= 4 is 32.9 Å². The molecule has 2 aliphatic heterocycles. The SMILES string of the molecule is O=C(c1ccc(Br)cc1)N1CCC(N2CCC(n3c(=O)[nH]c4ccccc43)CC2)CC1. The van der Waals surface area contributed by atoms with E-state index in [1.807, 2.05) is 58.0 Å². The van der Waals surface area contributed by atoms with Crippen molar-refractivity contribution in [2.24, 2.45) is 0 Å². The monoisotopic (exact) mass is 482 g/mol. The first-order valence-corrected chi connectivity index (χ1v) is 11.9. The van der Waals surface area contributed by atoms with Gasteiger partial charge in [0.1, 0.15) is 0 Å². The van der Waals surface area contributed by atoms with E-state index in [0.717, 1.165) is 72.9 Å². The van der Waals surface area contributed by atoms with E-state index in [4.69, 9.17) is 0 Å². The molecule has 2 fully saturated rings. The first-order valence-electron chi connectivity index (χ1n) is 11.1. The number of carbonyl (C=O) groups excluding carboxylic acids is 1. The Hall–Kier alpha value is -2.38. The van der Waals surface area contributed by atoms with Crippen LogP contribution in [-0.2, 0) is 0 Å². The number of benzene rings is 2. The van der Waals surface area contributed by atoms with Gasteiger partial charge in [0.2, 0.25) is 0 Å². The highest BCUT2D eigenvalue weighted by Gasteiger charge is 2.31. The van der Waals surface area contributed by atoms with E-state index in [0.29, 0.717) is 6.04 Å². The molecule has 6 nitrogen and oxygen atoms in total. The number of carbonyl (C=O) groups is 1. The molecule has 0 aliphatic carbocycles. The van der Waals surface area contributed by atoms with E-state index in [-0.39, 0.29) is 17.6 Å². The van der Waals surface area contributed by atoms with Crippen molar-refractivity contribution in [1.29, 1.82) is 0 Å². The number of imidazole rings is 1. The summed E-state index contributed by atoms with van der Waals surface area (Å²) in [6, 6.07) is 16.3. The van der Waals surface area contributed by atoms with Crippen molar-refractivity contribution in [1.82, 2.24) is 19.4 Å². The van der Waals surface area contributed by atoms with Gasteiger partial charge in [0, 0.05) is 48.3 Å². The summed E-state index contributed by atoms with van der Waals surface area (Å²) in [6.45, 7) is 3.62. The van der Waals surface area contributed by atoms with Gasteiger partial charge in [-0.05, 0) is 62.1 Å². The van der Waals surface area contributed by atoms with E-state index in [9.17, 15) is 9.59 Å². The van der Waals surface area contributed by atoms with Crippen molar-refractivity contribution in [2.75, 3.05) is 26.2 Å². The molecule has 1 aromatic heterocycles. The third-order valence-electron chi connectivity index (χ3n) is 6.85. The van der Waals surface area contributed by atoms with Crippen LogP contribution in [0.4, 0.5) is 0 Å². The highest BCUT2D eigenvalue weighted by atomic mass is 79.9. The smallest absolute Gasteiger partial charge is 0.326 e. The van der Waals surface area contributed by atoms with Crippen LogP contribution >= 0.6 is 15.9 Å². The van der Waals surface area contributed by atoms with Gasteiger partial charge in [-0.2, -0.15) is 0 Å². The molecule has 31 heavy (non-hydrogen) atoms. The van der Waals surface area contributed by atoms with Crippen LogP contribution in [0.1, 0.15) is 42.1 Å². The fourth-order valence-electron chi connectivity index (χ4n) is 5.16. The average molecular weight is 483 g/mol. The molecule has 0 atom stereocenters. The Morgan fingerprint density at radius 3 is 2.23 bits per heavy atom. The van der Waals surface area contributed by atoms with Crippen molar-refractivity contribution in [3.05, 3.63) is 69.1 Å². The summed E-state index contributed by atoms with van der Waals surface area (Å²) < 4.78 is 2.94. The van der Waals surface area contributed by atoms with Gasteiger partial charge in [0.15, 0.2) is 0 Å². The van der Waals surface area contributed by atoms with Crippen LogP contribution in [0.2, 0.25) is 0 Å². The topological polar surface area (TPSA) is 61.3 Å². The molecule has 2 aliphatic rings. The molecule has 162 valence electrons. The van der Waals surface area contributed by atoms with Gasteiger partial charge in [-0.3, -0.25) is 9.36 Å². The molecule has 1 amide bonds. The number of nitrogens with zero attached hydrogens (tertiary/aromatic N) is 3. The number of likely N-dealkylation sites (tertiary alicyclic amines) is 2. The van der Waals surface area contributed by atoms with Gasteiger partial charge >= 0.3 is 5.69 Å². The molecule has 1 N–H and O–H groups in total. The Morgan fingerprint density at radius 1 is 0.871 bits per heavy atom. The molecular formula is C24H27BrN4O2. The highest BCUT2D eigenvalue weighted by Crippen LogP contribution is 2.28. The number of halogens is 1. The van der Waals surface area contributed by atoms with Crippen molar-refractivity contribution in [3.8, 4) is 0 Å². The van der Waals surface area contributed by atoms with Crippen LogP contribution in [0.3, 0.4) is 0 Å². The first kappa shape index (κ1) is 20.5. The zero-order valence-corrected chi connectivity index (χ0v) is 19.1. The Kier molecular flexibility index (Phi) is 5.71. The maximum atomic E-state index is 12.8. The minimum absolute atomic E-state index is 0.000544. The van der Waals surface area contributed by atoms with Gasteiger partial charge in [-0.1, -0.05) is 28.1 Å². The lowest BCUT2D eigenvalue weighted by atomic mass is 9.97. The minimum Gasteiger partial charge on any atom is -0.339 e. The van der Waals surface area contributed by atoms with E-state index in [1.54, 1.807) is 0 Å². The molecule has 0 saturated carbocycles. The lowest BCUT2D eigenvalue weighted by molar-refractivity contribution is 0.0558.